The van der Waals surface area contributed by atoms with Crippen molar-refractivity contribution in [2.75, 3.05) is 24.5 Å². The van der Waals surface area contributed by atoms with Crippen molar-refractivity contribution in [1.29, 1.82) is 0 Å². The topological polar surface area (TPSA) is 35.6 Å². The Morgan fingerprint density at radius 3 is 2.43 bits per heavy atom. The molecule has 1 aliphatic carbocycles. The maximum Gasteiger partial charge on any atom is 0.322 e. The number of carbonyl (C=O) groups is 1. The summed E-state index contributed by atoms with van der Waals surface area (Å²) in [5.74, 6) is -0.216. The standard InChI is InChI=1S/C32H36FN3O/c33-26-15-16-30-29(21-26)32(23-36(30)31(37)34-27-12-5-2-6-13-27)17-19-35(20-18-32)22-25-11-7-8-14-28(25)24-9-3-1-4-10-24/h1,3-4,7-11,14-16,21,27H,2,5-6,12-13,17-20,22-23H2,(H,34,37). The molecular weight excluding hydrogens is 461 g/mol. The van der Waals surface area contributed by atoms with Crippen molar-refractivity contribution in [3.63, 3.8) is 0 Å². The highest BCUT2D eigenvalue weighted by Gasteiger charge is 2.46. The Morgan fingerprint density at radius 2 is 1.65 bits per heavy atom. The molecule has 2 amide bonds. The lowest BCUT2D eigenvalue weighted by atomic mass is 9.74. The Hall–Kier alpha value is -3.18. The van der Waals surface area contributed by atoms with E-state index in [9.17, 15) is 9.18 Å². The van der Waals surface area contributed by atoms with E-state index in [-0.39, 0.29) is 23.3 Å². The van der Waals surface area contributed by atoms with Gasteiger partial charge >= 0.3 is 6.03 Å². The van der Waals surface area contributed by atoms with Crippen molar-refractivity contribution in [2.45, 2.75) is 62.9 Å². The van der Waals surface area contributed by atoms with Gasteiger partial charge in [-0.1, -0.05) is 73.9 Å². The number of fused-ring (bicyclic) bond motifs is 2. The number of halogens is 1. The maximum atomic E-state index is 14.4. The molecule has 2 aliphatic heterocycles. The predicted molar refractivity (Wildman–Crippen MR) is 147 cm³/mol. The van der Waals surface area contributed by atoms with Crippen molar-refractivity contribution in [2.24, 2.45) is 0 Å². The summed E-state index contributed by atoms with van der Waals surface area (Å²) in [5.41, 5.74) is 5.56. The van der Waals surface area contributed by atoms with Crippen LogP contribution in [-0.2, 0) is 12.0 Å². The van der Waals surface area contributed by atoms with Crippen molar-refractivity contribution >= 4 is 11.7 Å². The number of likely N-dealkylation sites (tertiary alicyclic amines) is 1. The molecule has 5 heteroatoms. The van der Waals surface area contributed by atoms with E-state index in [2.05, 4.69) is 64.8 Å². The third-order valence-corrected chi connectivity index (χ3v) is 8.77. The Morgan fingerprint density at radius 1 is 0.919 bits per heavy atom. The molecule has 0 radical (unpaired) electrons. The third kappa shape index (κ3) is 4.89. The van der Waals surface area contributed by atoms with Crippen LogP contribution in [0, 0.1) is 5.82 Å². The van der Waals surface area contributed by atoms with Crippen LogP contribution in [0.25, 0.3) is 11.1 Å². The number of benzene rings is 3. The smallest absolute Gasteiger partial charge is 0.322 e. The lowest BCUT2D eigenvalue weighted by molar-refractivity contribution is 0.159. The molecule has 37 heavy (non-hydrogen) atoms. The first-order valence-electron chi connectivity index (χ1n) is 13.9. The summed E-state index contributed by atoms with van der Waals surface area (Å²) in [7, 11) is 0. The van der Waals surface area contributed by atoms with E-state index in [4.69, 9.17) is 0 Å². The molecule has 3 aromatic carbocycles. The van der Waals surface area contributed by atoms with Crippen molar-refractivity contribution in [3.8, 4) is 11.1 Å². The summed E-state index contributed by atoms with van der Waals surface area (Å²) < 4.78 is 14.4. The molecule has 192 valence electrons. The van der Waals surface area contributed by atoms with Gasteiger partial charge in [0.1, 0.15) is 5.82 Å². The molecule has 0 atom stereocenters. The molecule has 1 spiro atoms. The van der Waals surface area contributed by atoms with E-state index in [1.54, 1.807) is 6.07 Å². The third-order valence-electron chi connectivity index (χ3n) is 8.77. The second-order valence-electron chi connectivity index (χ2n) is 11.1. The lowest BCUT2D eigenvalue weighted by Gasteiger charge is -2.40. The zero-order valence-electron chi connectivity index (χ0n) is 21.5. The number of carbonyl (C=O) groups excluding carboxylic acids is 1. The Labute approximate surface area is 219 Å². The number of nitrogens with one attached hydrogen (secondary N) is 1. The summed E-state index contributed by atoms with van der Waals surface area (Å²) in [4.78, 5) is 17.8. The molecule has 1 saturated heterocycles. The number of urea groups is 1. The highest BCUT2D eigenvalue weighted by atomic mass is 19.1. The molecule has 2 heterocycles. The normalized spacial score (nSPS) is 19.6. The van der Waals surface area contributed by atoms with E-state index in [0.717, 1.165) is 56.6 Å². The van der Waals surface area contributed by atoms with Gasteiger partial charge < -0.3 is 5.32 Å². The monoisotopic (exact) mass is 497 g/mol. The molecule has 0 aromatic heterocycles. The number of nitrogens with zero attached hydrogens (tertiary/aromatic N) is 2. The molecule has 0 unspecified atom stereocenters. The first-order chi connectivity index (χ1) is 18.1. The van der Waals surface area contributed by atoms with E-state index in [0.29, 0.717) is 6.54 Å². The summed E-state index contributed by atoms with van der Waals surface area (Å²) in [6.45, 7) is 3.39. The molecule has 3 aliphatic rings. The van der Waals surface area contributed by atoms with E-state index < -0.39 is 0 Å². The molecule has 2 fully saturated rings. The molecule has 3 aromatic rings. The van der Waals surface area contributed by atoms with Crippen LogP contribution < -0.4 is 10.2 Å². The van der Waals surface area contributed by atoms with Crippen LogP contribution in [0.1, 0.15) is 56.1 Å². The summed E-state index contributed by atoms with van der Waals surface area (Å²) >= 11 is 0. The summed E-state index contributed by atoms with van der Waals surface area (Å²) in [5, 5.41) is 3.28. The minimum absolute atomic E-state index is 0.0177. The van der Waals surface area contributed by atoms with Gasteiger partial charge in [-0.15, -0.1) is 0 Å². The average Bonchev–Trinajstić information content (AvgIpc) is 3.24. The van der Waals surface area contributed by atoms with Gasteiger partial charge in [0.2, 0.25) is 0 Å². The number of anilines is 1. The van der Waals surface area contributed by atoms with Crippen molar-refractivity contribution < 1.29 is 9.18 Å². The molecule has 6 rings (SSSR count). The van der Waals surface area contributed by atoms with Gasteiger partial charge in [0.15, 0.2) is 0 Å². The fourth-order valence-electron chi connectivity index (χ4n) is 6.69. The Kier molecular flexibility index (Phi) is 6.72. The number of rotatable bonds is 4. The zero-order valence-corrected chi connectivity index (χ0v) is 21.5. The largest absolute Gasteiger partial charge is 0.335 e. The fraction of sp³-hybridized carbons (Fsp3) is 0.406. The van der Waals surface area contributed by atoms with Crippen LogP contribution in [0.2, 0.25) is 0 Å². The van der Waals surface area contributed by atoms with Gasteiger partial charge in [-0.2, -0.15) is 0 Å². The van der Waals surface area contributed by atoms with Crippen LogP contribution >= 0.6 is 0 Å². The van der Waals surface area contributed by atoms with E-state index in [1.165, 1.54) is 42.0 Å². The quantitative estimate of drug-likeness (QED) is 0.426. The van der Waals surface area contributed by atoms with E-state index >= 15 is 0 Å². The number of piperidine rings is 1. The van der Waals surface area contributed by atoms with E-state index in [1.807, 2.05) is 11.0 Å². The van der Waals surface area contributed by atoms with Crippen molar-refractivity contribution in [1.82, 2.24) is 10.2 Å². The first-order valence-corrected chi connectivity index (χ1v) is 13.9. The molecule has 4 nitrogen and oxygen atoms in total. The van der Waals surface area contributed by atoms with Crippen LogP contribution in [0.4, 0.5) is 14.9 Å². The lowest BCUT2D eigenvalue weighted by Crippen LogP contribution is -2.49. The van der Waals surface area contributed by atoms with Crippen LogP contribution in [0.5, 0.6) is 0 Å². The summed E-state index contributed by atoms with van der Waals surface area (Å²) in [6.07, 6.45) is 7.57. The SMILES string of the molecule is O=C(NC1CCCCC1)N1CC2(CCN(Cc3ccccc3-c3ccccc3)CC2)c2cc(F)ccc21. The van der Waals surface area contributed by atoms with Gasteiger partial charge in [-0.3, -0.25) is 9.80 Å². The number of hydrogen-bond acceptors (Lipinski definition) is 2. The molecule has 1 N–H and O–H groups in total. The van der Waals surface area contributed by atoms with Crippen LogP contribution in [-0.4, -0.2) is 36.6 Å². The van der Waals surface area contributed by atoms with Crippen molar-refractivity contribution in [3.05, 3.63) is 89.7 Å². The van der Waals surface area contributed by atoms with Crippen LogP contribution in [0.15, 0.2) is 72.8 Å². The fourth-order valence-corrected chi connectivity index (χ4v) is 6.69. The maximum absolute atomic E-state index is 14.4. The molecule has 0 bridgehead atoms. The Balaban J connectivity index is 1.18. The molecular formula is C32H36FN3O. The van der Waals surface area contributed by atoms with Gasteiger partial charge in [0, 0.05) is 30.2 Å². The number of amides is 2. The van der Waals surface area contributed by atoms with Gasteiger partial charge in [-0.05, 0) is 79.2 Å². The summed E-state index contributed by atoms with van der Waals surface area (Å²) in [6, 6.07) is 24.4. The highest BCUT2D eigenvalue weighted by molar-refractivity contribution is 5.95. The van der Waals surface area contributed by atoms with Crippen LogP contribution in [0.3, 0.4) is 0 Å². The van der Waals surface area contributed by atoms with Gasteiger partial charge in [0.05, 0.1) is 0 Å². The average molecular weight is 498 g/mol. The van der Waals surface area contributed by atoms with Gasteiger partial charge in [-0.25, -0.2) is 9.18 Å². The Bertz CT molecular complexity index is 1250. The first kappa shape index (κ1) is 24.2. The minimum Gasteiger partial charge on any atom is -0.335 e. The second-order valence-corrected chi connectivity index (χ2v) is 11.1. The second kappa shape index (κ2) is 10.3. The van der Waals surface area contributed by atoms with Gasteiger partial charge in [0.25, 0.3) is 0 Å². The number of hydrogen-bond donors (Lipinski definition) is 1. The predicted octanol–water partition coefficient (Wildman–Crippen LogP) is 6.89. The minimum atomic E-state index is -0.216. The highest BCUT2D eigenvalue weighted by Crippen LogP contribution is 2.47. The zero-order chi connectivity index (χ0) is 25.2. The molecule has 1 saturated carbocycles.